The van der Waals surface area contributed by atoms with Gasteiger partial charge in [0.05, 0.1) is 0 Å². The average Bonchev–Trinajstić information content (AvgIpc) is 2.63. The van der Waals surface area contributed by atoms with Crippen LogP contribution in [0.25, 0.3) is 0 Å². The highest BCUT2D eigenvalue weighted by Crippen LogP contribution is 2.21. The van der Waals surface area contributed by atoms with Gasteiger partial charge in [0.15, 0.2) is 0 Å². The fourth-order valence-electron chi connectivity index (χ4n) is 3.47. The summed E-state index contributed by atoms with van der Waals surface area (Å²) in [6.45, 7) is 4.73. The molecule has 2 nitrogen and oxygen atoms in total. The average molecular weight is 343 g/mol. The summed E-state index contributed by atoms with van der Waals surface area (Å²) in [5, 5.41) is 4.43. The highest BCUT2D eigenvalue weighted by atomic mass is 35.5. The molecule has 1 heterocycles. The summed E-state index contributed by atoms with van der Waals surface area (Å²) in [6.07, 6.45) is 4.82. The van der Waals surface area contributed by atoms with Crippen molar-refractivity contribution in [1.82, 2.24) is 4.90 Å². The number of benzene rings is 2. The molecule has 0 saturated carbocycles. The summed E-state index contributed by atoms with van der Waals surface area (Å²) in [5.41, 5.74) is 2.62. The van der Waals surface area contributed by atoms with Crippen molar-refractivity contribution in [3.63, 3.8) is 0 Å². The van der Waals surface area contributed by atoms with E-state index in [0.29, 0.717) is 12.1 Å². The third kappa shape index (κ3) is 4.99. The lowest BCUT2D eigenvalue weighted by molar-refractivity contribution is 0.160. The highest BCUT2D eigenvalue weighted by molar-refractivity contribution is 6.30. The van der Waals surface area contributed by atoms with Gasteiger partial charge >= 0.3 is 0 Å². The van der Waals surface area contributed by atoms with E-state index < -0.39 is 0 Å². The molecule has 3 rings (SSSR count). The van der Waals surface area contributed by atoms with Gasteiger partial charge in [-0.25, -0.2) is 0 Å². The van der Waals surface area contributed by atoms with E-state index in [1.54, 1.807) is 0 Å². The second-order valence-corrected chi connectivity index (χ2v) is 7.27. The maximum Gasteiger partial charge on any atom is 0.0407 e. The van der Waals surface area contributed by atoms with Crippen LogP contribution in [0, 0.1) is 0 Å². The Kier molecular flexibility index (Phi) is 6.17. The second kappa shape index (κ2) is 8.55. The van der Waals surface area contributed by atoms with Gasteiger partial charge in [-0.1, -0.05) is 41.9 Å². The second-order valence-electron chi connectivity index (χ2n) is 6.83. The summed E-state index contributed by atoms with van der Waals surface area (Å²) in [6, 6.07) is 20.1. The van der Waals surface area contributed by atoms with Gasteiger partial charge in [-0.15, -0.1) is 0 Å². The van der Waals surface area contributed by atoms with Gasteiger partial charge in [-0.2, -0.15) is 0 Å². The zero-order valence-corrected chi connectivity index (χ0v) is 15.2. The third-order valence-corrected chi connectivity index (χ3v) is 5.31. The molecule has 24 heavy (non-hydrogen) atoms. The highest BCUT2D eigenvalue weighted by Gasteiger charge is 2.22. The lowest BCUT2D eigenvalue weighted by atomic mass is 10.00. The van der Waals surface area contributed by atoms with E-state index in [1.807, 2.05) is 12.1 Å². The quantitative estimate of drug-likeness (QED) is 0.772. The summed E-state index contributed by atoms with van der Waals surface area (Å²) < 4.78 is 0. The van der Waals surface area contributed by atoms with E-state index in [9.17, 15) is 0 Å². The SMILES string of the molecule is CC(CCc1ccccc1)N1CCC(Nc2ccc(Cl)cc2)CC1. The smallest absolute Gasteiger partial charge is 0.0407 e. The van der Waals surface area contributed by atoms with Gasteiger partial charge in [0.1, 0.15) is 0 Å². The number of likely N-dealkylation sites (tertiary alicyclic amines) is 1. The van der Waals surface area contributed by atoms with Gasteiger partial charge in [-0.3, -0.25) is 0 Å². The van der Waals surface area contributed by atoms with Crippen LogP contribution in [-0.4, -0.2) is 30.1 Å². The van der Waals surface area contributed by atoms with E-state index in [2.05, 4.69) is 59.6 Å². The van der Waals surface area contributed by atoms with Crippen LogP contribution in [-0.2, 0) is 6.42 Å². The van der Waals surface area contributed by atoms with Crippen LogP contribution in [0.5, 0.6) is 0 Å². The molecule has 0 radical (unpaired) electrons. The number of rotatable bonds is 6. The standard InChI is InChI=1S/C21H27ClN2/c1-17(7-8-18-5-3-2-4-6-18)24-15-13-21(14-16-24)23-20-11-9-19(22)10-12-20/h2-6,9-12,17,21,23H,7-8,13-16H2,1H3. The van der Waals surface area contributed by atoms with E-state index in [4.69, 9.17) is 11.6 Å². The molecule has 0 aliphatic carbocycles. The Balaban J connectivity index is 1.41. The van der Waals surface area contributed by atoms with Crippen LogP contribution in [0.3, 0.4) is 0 Å². The number of halogens is 1. The summed E-state index contributed by atoms with van der Waals surface area (Å²) >= 11 is 5.95. The normalized spacial score (nSPS) is 17.6. The summed E-state index contributed by atoms with van der Waals surface area (Å²) in [4.78, 5) is 2.64. The van der Waals surface area contributed by atoms with Crippen LogP contribution < -0.4 is 5.32 Å². The number of hydrogen-bond acceptors (Lipinski definition) is 2. The topological polar surface area (TPSA) is 15.3 Å². The van der Waals surface area contributed by atoms with Crippen molar-refractivity contribution in [2.75, 3.05) is 18.4 Å². The molecule has 1 aliphatic rings. The van der Waals surface area contributed by atoms with Gasteiger partial charge in [0, 0.05) is 35.9 Å². The van der Waals surface area contributed by atoms with Crippen molar-refractivity contribution in [3.8, 4) is 0 Å². The molecule has 1 saturated heterocycles. The van der Waals surface area contributed by atoms with E-state index in [-0.39, 0.29) is 0 Å². The Bertz CT molecular complexity index is 603. The molecule has 2 aromatic rings. The molecule has 1 aliphatic heterocycles. The van der Waals surface area contributed by atoms with Gasteiger partial charge in [0.25, 0.3) is 0 Å². The predicted molar refractivity (Wildman–Crippen MR) is 104 cm³/mol. The zero-order chi connectivity index (χ0) is 16.8. The Labute approximate surface area is 150 Å². The van der Waals surface area contributed by atoms with Gasteiger partial charge < -0.3 is 10.2 Å². The summed E-state index contributed by atoms with van der Waals surface area (Å²) in [5.74, 6) is 0. The first-order valence-electron chi connectivity index (χ1n) is 9.01. The van der Waals surface area contributed by atoms with Crippen molar-refractivity contribution in [2.45, 2.75) is 44.7 Å². The maximum atomic E-state index is 5.95. The van der Waals surface area contributed by atoms with E-state index >= 15 is 0 Å². The number of piperidine rings is 1. The number of anilines is 1. The Morgan fingerprint density at radius 2 is 1.71 bits per heavy atom. The van der Waals surface area contributed by atoms with Gasteiger partial charge in [-0.05, 0) is 62.4 Å². The molecule has 128 valence electrons. The Morgan fingerprint density at radius 1 is 1.04 bits per heavy atom. The molecule has 3 heteroatoms. The first-order valence-corrected chi connectivity index (χ1v) is 9.38. The van der Waals surface area contributed by atoms with Crippen LogP contribution >= 0.6 is 11.6 Å². The molecule has 0 aromatic heterocycles. The molecule has 0 bridgehead atoms. The summed E-state index contributed by atoms with van der Waals surface area (Å²) in [7, 11) is 0. The lowest BCUT2D eigenvalue weighted by Crippen LogP contribution is -2.43. The minimum atomic E-state index is 0.573. The monoisotopic (exact) mass is 342 g/mol. The van der Waals surface area contributed by atoms with E-state index in [1.165, 1.54) is 50.0 Å². The van der Waals surface area contributed by atoms with Crippen molar-refractivity contribution in [3.05, 3.63) is 65.2 Å². The number of aryl methyl sites for hydroxylation is 1. The third-order valence-electron chi connectivity index (χ3n) is 5.06. The van der Waals surface area contributed by atoms with Crippen molar-refractivity contribution in [2.24, 2.45) is 0 Å². The minimum Gasteiger partial charge on any atom is -0.382 e. The van der Waals surface area contributed by atoms with Crippen molar-refractivity contribution < 1.29 is 0 Å². The predicted octanol–water partition coefficient (Wildman–Crippen LogP) is 5.24. The molecule has 0 spiro atoms. The largest absolute Gasteiger partial charge is 0.382 e. The fraction of sp³-hybridized carbons (Fsp3) is 0.429. The first-order chi connectivity index (χ1) is 11.7. The minimum absolute atomic E-state index is 0.573. The van der Waals surface area contributed by atoms with Crippen LogP contribution in [0.2, 0.25) is 5.02 Å². The maximum absolute atomic E-state index is 5.95. The van der Waals surface area contributed by atoms with E-state index in [0.717, 1.165) is 5.02 Å². The molecule has 1 fully saturated rings. The molecular formula is C21H27ClN2. The van der Waals surface area contributed by atoms with Crippen molar-refractivity contribution in [1.29, 1.82) is 0 Å². The Hall–Kier alpha value is -1.51. The molecule has 1 atom stereocenters. The first kappa shape index (κ1) is 17.3. The molecule has 0 amide bonds. The van der Waals surface area contributed by atoms with Crippen LogP contribution in [0.4, 0.5) is 5.69 Å². The van der Waals surface area contributed by atoms with Gasteiger partial charge in [0.2, 0.25) is 0 Å². The molecule has 2 aromatic carbocycles. The lowest BCUT2D eigenvalue weighted by Gasteiger charge is -2.36. The Morgan fingerprint density at radius 3 is 2.38 bits per heavy atom. The number of nitrogens with one attached hydrogen (secondary N) is 1. The molecular weight excluding hydrogens is 316 g/mol. The van der Waals surface area contributed by atoms with Crippen LogP contribution in [0.1, 0.15) is 31.7 Å². The molecule has 1 N–H and O–H groups in total. The molecule has 1 unspecified atom stereocenters. The van der Waals surface area contributed by atoms with Crippen molar-refractivity contribution >= 4 is 17.3 Å². The number of nitrogens with zero attached hydrogens (tertiary/aromatic N) is 1. The number of hydrogen-bond donors (Lipinski definition) is 1. The fourth-order valence-corrected chi connectivity index (χ4v) is 3.60. The van der Waals surface area contributed by atoms with Crippen LogP contribution in [0.15, 0.2) is 54.6 Å². The zero-order valence-electron chi connectivity index (χ0n) is 14.4.